The number of oxazole rings is 1. The van der Waals surface area contributed by atoms with Crippen molar-refractivity contribution in [2.45, 2.75) is 45.2 Å². The molecule has 2 aromatic rings. The Labute approximate surface area is 184 Å². The van der Waals surface area contributed by atoms with Crippen molar-refractivity contribution in [2.24, 2.45) is 5.92 Å². The highest BCUT2D eigenvalue weighted by Gasteiger charge is 2.31. The number of hydrogen-bond donors (Lipinski definition) is 2. The third kappa shape index (κ3) is 6.00. The van der Waals surface area contributed by atoms with Crippen molar-refractivity contribution in [2.75, 3.05) is 18.9 Å². The monoisotopic (exact) mass is 474 g/mol. The minimum Gasteiger partial charge on any atom is -0.431 e. The summed E-state index contributed by atoms with van der Waals surface area (Å²) in [5.41, 5.74) is -0.600. The van der Waals surface area contributed by atoms with Gasteiger partial charge in [0.1, 0.15) is 6.26 Å². The topological polar surface area (TPSA) is 105 Å². The second kappa shape index (κ2) is 9.49. The first-order valence-corrected chi connectivity index (χ1v) is 11.6. The predicted octanol–water partition coefficient (Wildman–Crippen LogP) is 4.23. The van der Waals surface area contributed by atoms with Gasteiger partial charge in [0, 0.05) is 19.3 Å². The third-order valence-corrected chi connectivity index (χ3v) is 6.83. The van der Waals surface area contributed by atoms with E-state index < -0.39 is 27.9 Å². The van der Waals surface area contributed by atoms with Gasteiger partial charge in [-0.25, -0.2) is 4.72 Å². The largest absolute Gasteiger partial charge is 0.431 e. The first kappa shape index (κ1) is 24.1. The molecular formula is C20H25F3N4O4S. The molecule has 1 aliphatic rings. The van der Waals surface area contributed by atoms with Gasteiger partial charge in [-0.05, 0) is 43.4 Å². The quantitative estimate of drug-likeness (QED) is 0.622. The van der Waals surface area contributed by atoms with Crippen LogP contribution in [-0.2, 0) is 16.4 Å². The molecule has 1 aliphatic carbocycles. The number of carbonyl (C=O) groups is 1. The van der Waals surface area contributed by atoms with Gasteiger partial charge in [0.2, 0.25) is 0 Å². The van der Waals surface area contributed by atoms with Gasteiger partial charge >= 0.3 is 16.4 Å². The van der Waals surface area contributed by atoms with Gasteiger partial charge in [0.05, 0.1) is 5.56 Å². The maximum Gasteiger partial charge on any atom is 0.416 e. The lowest BCUT2D eigenvalue weighted by Gasteiger charge is -2.26. The number of nitrogens with zero attached hydrogens (tertiary/aromatic N) is 2. The summed E-state index contributed by atoms with van der Waals surface area (Å²) in [6, 6.07) is 2.88. The fourth-order valence-corrected chi connectivity index (χ4v) is 4.46. The first-order valence-electron chi connectivity index (χ1n) is 10.1. The number of alkyl halides is 3. The Kier molecular flexibility index (Phi) is 7.13. The normalized spacial score (nSPS) is 15.7. The predicted molar refractivity (Wildman–Crippen MR) is 112 cm³/mol. The molecule has 1 aromatic carbocycles. The summed E-state index contributed by atoms with van der Waals surface area (Å²) in [4.78, 5) is 16.2. The Hall–Kier alpha value is -2.60. The second-order valence-electron chi connectivity index (χ2n) is 7.91. The van der Waals surface area contributed by atoms with E-state index in [0.29, 0.717) is 12.1 Å². The molecule has 0 aliphatic heterocycles. The van der Waals surface area contributed by atoms with E-state index in [2.05, 4.69) is 10.3 Å². The lowest BCUT2D eigenvalue weighted by Crippen LogP contribution is -2.43. The number of benzene rings is 1. The zero-order chi connectivity index (χ0) is 23.5. The van der Waals surface area contributed by atoms with Crippen molar-refractivity contribution >= 4 is 27.8 Å². The molecule has 3 rings (SSSR count). The van der Waals surface area contributed by atoms with Crippen molar-refractivity contribution in [1.82, 2.24) is 14.0 Å². The Bertz CT molecular complexity index is 1060. The van der Waals surface area contributed by atoms with Gasteiger partial charge in [0.15, 0.2) is 5.69 Å². The molecule has 1 heterocycles. The van der Waals surface area contributed by atoms with Gasteiger partial charge in [-0.1, -0.05) is 25.3 Å². The van der Waals surface area contributed by atoms with Crippen molar-refractivity contribution in [3.05, 3.63) is 41.3 Å². The molecule has 0 atom stereocenters. The summed E-state index contributed by atoms with van der Waals surface area (Å²) in [5.74, 6) is -0.753. The zero-order valence-electron chi connectivity index (χ0n) is 17.7. The number of anilines is 2. The van der Waals surface area contributed by atoms with Crippen LogP contribution in [0.15, 0.2) is 28.9 Å². The second-order valence-corrected chi connectivity index (χ2v) is 9.69. The summed E-state index contributed by atoms with van der Waals surface area (Å²) in [6.45, 7) is 1.90. The van der Waals surface area contributed by atoms with E-state index in [9.17, 15) is 26.4 Å². The highest BCUT2D eigenvalue weighted by atomic mass is 32.2. The SMILES string of the molecule is Cc1ccc(C(F)(F)F)cc1Nc1nc(C(=O)NS(=O)(=O)N(C)CC2CCCCC2)co1. The molecule has 12 heteroatoms. The van der Waals surface area contributed by atoms with Crippen LogP contribution < -0.4 is 10.0 Å². The Morgan fingerprint density at radius 2 is 1.94 bits per heavy atom. The van der Waals surface area contributed by atoms with Crippen LogP contribution in [-0.4, -0.2) is 37.2 Å². The third-order valence-electron chi connectivity index (χ3n) is 5.42. The van der Waals surface area contributed by atoms with E-state index in [1.54, 1.807) is 6.92 Å². The van der Waals surface area contributed by atoms with Gasteiger partial charge in [-0.2, -0.15) is 30.9 Å². The highest BCUT2D eigenvalue weighted by molar-refractivity contribution is 7.87. The van der Waals surface area contributed by atoms with E-state index in [1.165, 1.54) is 13.1 Å². The van der Waals surface area contributed by atoms with Crippen molar-refractivity contribution in [3.63, 3.8) is 0 Å². The average molecular weight is 475 g/mol. The molecule has 1 fully saturated rings. The Morgan fingerprint density at radius 3 is 2.59 bits per heavy atom. The lowest BCUT2D eigenvalue weighted by atomic mass is 9.89. The Morgan fingerprint density at radius 1 is 1.25 bits per heavy atom. The maximum atomic E-state index is 12.9. The molecule has 8 nitrogen and oxygen atoms in total. The number of nitrogens with one attached hydrogen (secondary N) is 2. The van der Waals surface area contributed by atoms with Crippen molar-refractivity contribution < 1.29 is 30.8 Å². The van der Waals surface area contributed by atoms with Crippen LogP contribution in [0.1, 0.15) is 53.7 Å². The molecule has 32 heavy (non-hydrogen) atoms. The van der Waals surface area contributed by atoms with Crippen LogP contribution in [0.3, 0.4) is 0 Å². The van der Waals surface area contributed by atoms with E-state index >= 15 is 0 Å². The van der Waals surface area contributed by atoms with Crippen LogP contribution in [0.2, 0.25) is 0 Å². The number of aryl methyl sites for hydroxylation is 1. The van der Waals surface area contributed by atoms with Gasteiger partial charge in [0.25, 0.3) is 11.9 Å². The number of carbonyl (C=O) groups excluding carboxylic acids is 1. The Balaban J connectivity index is 1.65. The van der Waals surface area contributed by atoms with E-state index in [4.69, 9.17) is 4.42 Å². The fourth-order valence-electron chi connectivity index (χ4n) is 3.56. The summed E-state index contributed by atoms with van der Waals surface area (Å²) in [7, 11) is -2.68. The van der Waals surface area contributed by atoms with E-state index in [-0.39, 0.29) is 23.3 Å². The molecule has 0 radical (unpaired) electrons. The summed E-state index contributed by atoms with van der Waals surface area (Å²) >= 11 is 0. The summed E-state index contributed by atoms with van der Waals surface area (Å²) in [5, 5.41) is 2.58. The highest BCUT2D eigenvalue weighted by Crippen LogP contribution is 2.33. The van der Waals surface area contributed by atoms with E-state index in [1.807, 2.05) is 4.72 Å². The smallest absolute Gasteiger partial charge is 0.416 e. The van der Waals surface area contributed by atoms with Crippen LogP contribution in [0.4, 0.5) is 24.9 Å². The van der Waals surface area contributed by atoms with Gasteiger partial charge < -0.3 is 9.73 Å². The summed E-state index contributed by atoms with van der Waals surface area (Å²) < 4.78 is 71.9. The molecule has 176 valence electrons. The molecule has 0 spiro atoms. The van der Waals surface area contributed by atoms with E-state index in [0.717, 1.165) is 54.8 Å². The van der Waals surface area contributed by atoms with Crippen LogP contribution in [0, 0.1) is 12.8 Å². The minimum absolute atomic E-state index is 0.0912. The molecule has 0 unspecified atom stereocenters. The molecule has 1 saturated carbocycles. The maximum absolute atomic E-state index is 12.9. The van der Waals surface area contributed by atoms with Crippen LogP contribution in [0.25, 0.3) is 0 Å². The molecule has 1 amide bonds. The number of amides is 1. The van der Waals surface area contributed by atoms with Gasteiger partial charge in [-0.15, -0.1) is 0 Å². The number of hydrogen-bond acceptors (Lipinski definition) is 6. The number of rotatable bonds is 7. The molecule has 2 N–H and O–H groups in total. The van der Waals surface area contributed by atoms with Crippen LogP contribution in [0.5, 0.6) is 0 Å². The lowest BCUT2D eigenvalue weighted by molar-refractivity contribution is -0.137. The van der Waals surface area contributed by atoms with Crippen molar-refractivity contribution in [1.29, 1.82) is 0 Å². The zero-order valence-corrected chi connectivity index (χ0v) is 18.5. The molecule has 1 aromatic heterocycles. The standard InChI is InChI=1S/C20H25F3N4O4S/c1-13-8-9-15(20(21,22)23)10-16(13)24-19-25-17(12-31-19)18(28)26-32(29,30)27(2)11-14-6-4-3-5-7-14/h8-10,12,14H,3-7,11H2,1-2H3,(H,24,25)(H,26,28). The summed E-state index contributed by atoms with van der Waals surface area (Å²) in [6.07, 6.45) is 1.56. The van der Waals surface area contributed by atoms with Gasteiger partial charge in [-0.3, -0.25) is 4.79 Å². The average Bonchev–Trinajstić information content (AvgIpc) is 3.18. The fraction of sp³-hybridized carbons (Fsp3) is 0.500. The molecule has 0 bridgehead atoms. The molecular weight excluding hydrogens is 449 g/mol. The van der Waals surface area contributed by atoms with Crippen LogP contribution >= 0.6 is 0 Å². The van der Waals surface area contributed by atoms with Crippen molar-refractivity contribution in [3.8, 4) is 0 Å². The number of halogens is 3. The first-order chi connectivity index (χ1) is 15.0. The number of aromatic nitrogens is 1. The molecule has 0 saturated heterocycles. The minimum atomic E-state index is -4.52.